The maximum Gasteiger partial charge on any atom is 0.277 e. The first-order valence-corrected chi connectivity index (χ1v) is 9.56. The second-order valence-electron chi connectivity index (χ2n) is 7.22. The van der Waals surface area contributed by atoms with Crippen LogP contribution in [0.1, 0.15) is 43.4 Å². The van der Waals surface area contributed by atoms with Crippen molar-refractivity contribution in [2.75, 3.05) is 13.4 Å². The van der Waals surface area contributed by atoms with Crippen LogP contribution in [0.3, 0.4) is 0 Å². The highest BCUT2D eigenvalue weighted by atomic mass is 16.7. The zero-order valence-corrected chi connectivity index (χ0v) is 17.2. The lowest BCUT2D eigenvalue weighted by atomic mass is 10.0. The molecule has 1 aliphatic rings. The van der Waals surface area contributed by atoms with Crippen LogP contribution in [0.2, 0.25) is 0 Å². The third kappa shape index (κ3) is 5.60. The molecule has 29 heavy (non-hydrogen) atoms. The number of nitrogens with one attached hydrogen (secondary N) is 1. The van der Waals surface area contributed by atoms with Gasteiger partial charge < -0.3 is 14.2 Å². The predicted octanol–water partition coefficient (Wildman–Crippen LogP) is 4.43. The summed E-state index contributed by atoms with van der Waals surface area (Å²) in [5, 5.41) is 4.09. The largest absolute Gasteiger partial charge is 0.483 e. The molecule has 3 rings (SSSR count). The first-order chi connectivity index (χ1) is 13.9. The zero-order chi connectivity index (χ0) is 20.8. The number of hydrogen-bond donors (Lipinski definition) is 1. The molecular weight excluding hydrogens is 368 g/mol. The van der Waals surface area contributed by atoms with Gasteiger partial charge in [-0.05, 0) is 60.7 Å². The standard InChI is InChI=1S/C23H26N2O4/c1-15(2)19-9-5-16(3)11-21(19)27-13-23(26)25-24-17(4)6-7-18-8-10-20-22(12-18)29-14-28-20/h5-12,15H,13-14H2,1-4H3,(H,25,26). The Hall–Kier alpha value is -3.28. The quantitative estimate of drug-likeness (QED) is 0.557. The molecule has 6 heteroatoms. The molecule has 6 nitrogen and oxygen atoms in total. The fourth-order valence-electron chi connectivity index (χ4n) is 2.84. The lowest BCUT2D eigenvalue weighted by molar-refractivity contribution is -0.123. The summed E-state index contributed by atoms with van der Waals surface area (Å²) in [6, 6.07) is 11.7. The van der Waals surface area contributed by atoms with Crippen molar-refractivity contribution < 1.29 is 19.0 Å². The molecule has 2 aromatic carbocycles. The molecule has 0 fully saturated rings. The summed E-state index contributed by atoms with van der Waals surface area (Å²) in [7, 11) is 0. The van der Waals surface area contributed by atoms with Crippen LogP contribution in [0.4, 0.5) is 0 Å². The van der Waals surface area contributed by atoms with E-state index in [4.69, 9.17) is 14.2 Å². The summed E-state index contributed by atoms with van der Waals surface area (Å²) < 4.78 is 16.4. The summed E-state index contributed by atoms with van der Waals surface area (Å²) in [5.41, 5.74) is 6.31. The summed E-state index contributed by atoms with van der Waals surface area (Å²) >= 11 is 0. The van der Waals surface area contributed by atoms with Crippen molar-refractivity contribution in [3.63, 3.8) is 0 Å². The van der Waals surface area contributed by atoms with Gasteiger partial charge in [-0.2, -0.15) is 5.10 Å². The summed E-state index contributed by atoms with van der Waals surface area (Å²) in [6.45, 7) is 8.15. The predicted molar refractivity (Wildman–Crippen MR) is 114 cm³/mol. The van der Waals surface area contributed by atoms with E-state index in [0.29, 0.717) is 11.6 Å². The average Bonchev–Trinajstić information content (AvgIpc) is 3.16. The zero-order valence-electron chi connectivity index (χ0n) is 17.2. The molecule has 0 saturated heterocycles. The van der Waals surface area contributed by atoms with Gasteiger partial charge in [0, 0.05) is 0 Å². The molecule has 0 aromatic heterocycles. The van der Waals surface area contributed by atoms with Crippen LogP contribution in [0.5, 0.6) is 17.2 Å². The van der Waals surface area contributed by atoms with E-state index in [-0.39, 0.29) is 19.3 Å². The molecule has 1 aliphatic heterocycles. The Morgan fingerprint density at radius 1 is 1.21 bits per heavy atom. The monoisotopic (exact) mass is 394 g/mol. The lowest BCUT2D eigenvalue weighted by Gasteiger charge is -2.14. The van der Waals surface area contributed by atoms with Crippen molar-refractivity contribution in [2.24, 2.45) is 5.10 Å². The van der Waals surface area contributed by atoms with Gasteiger partial charge in [0.2, 0.25) is 6.79 Å². The first kappa shape index (κ1) is 20.5. The molecule has 1 amide bonds. The van der Waals surface area contributed by atoms with Gasteiger partial charge >= 0.3 is 0 Å². The molecule has 0 saturated carbocycles. The Balaban J connectivity index is 1.53. The van der Waals surface area contributed by atoms with Gasteiger partial charge in [-0.15, -0.1) is 0 Å². The molecular formula is C23H26N2O4. The minimum Gasteiger partial charge on any atom is -0.483 e. The van der Waals surface area contributed by atoms with E-state index < -0.39 is 0 Å². The third-order valence-electron chi connectivity index (χ3n) is 4.42. The van der Waals surface area contributed by atoms with E-state index in [1.165, 1.54) is 0 Å². The highest BCUT2D eigenvalue weighted by Crippen LogP contribution is 2.32. The highest BCUT2D eigenvalue weighted by Gasteiger charge is 2.12. The number of carbonyl (C=O) groups is 1. The Morgan fingerprint density at radius 3 is 2.79 bits per heavy atom. The van der Waals surface area contributed by atoms with Gasteiger partial charge in [0.25, 0.3) is 5.91 Å². The van der Waals surface area contributed by atoms with Gasteiger partial charge in [0.1, 0.15) is 5.75 Å². The summed E-state index contributed by atoms with van der Waals surface area (Å²) in [5.74, 6) is 2.21. The molecule has 1 N–H and O–H groups in total. The van der Waals surface area contributed by atoms with E-state index in [9.17, 15) is 4.79 Å². The van der Waals surface area contributed by atoms with Crippen LogP contribution in [-0.2, 0) is 4.79 Å². The second kappa shape index (κ2) is 9.28. The fraction of sp³-hybridized carbons (Fsp3) is 0.304. The maximum atomic E-state index is 12.1. The Labute approximate surface area is 171 Å². The number of rotatable bonds is 7. The van der Waals surface area contributed by atoms with Gasteiger partial charge in [-0.1, -0.05) is 38.1 Å². The molecule has 0 radical (unpaired) electrons. The number of allylic oxidation sites excluding steroid dienone is 1. The fourth-order valence-corrected chi connectivity index (χ4v) is 2.84. The number of hydrazone groups is 1. The van der Waals surface area contributed by atoms with Crippen LogP contribution >= 0.6 is 0 Å². The Morgan fingerprint density at radius 2 is 2.00 bits per heavy atom. The SMILES string of the molecule is CC(C=Cc1ccc2c(c1)OCO2)=NNC(=O)COc1cc(C)ccc1C(C)C. The second-order valence-corrected chi connectivity index (χ2v) is 7.22. The number of fused-ring (bicyclic) bond motifs is 1. The molecule has 0 spiro atoms. The number of hydrogen-bond acceptors (Lipinski definition) is 5. The van der Waals surface area contributed by atoms with Crippen LogP contribution in [-0.4, -0.2) is 25.0 Å². The number of amides is 1. The summed E-state index contributed by atoms with van der Waals surface area (Å²) in [6.07, 6.45) is 3.71. The highest BCUT2D eigenvalue weighted by molar-refractivity contribution is 5.97. The van der Waals surface area contributed by atoms with Crippen molar-refractivity contribution >= 4 is 17.7 Å². The van der Waals surface area contributed by atoms with Gasteiger partial charge in [-0.3, -0.25) is 4.79 Å². The van der Waals surface area contributed by atoms with Gasteiger partial charge in [-0.25, -0.2) is 5.43 Å². The van der Waals surface area contributed by atoms with Crippen molar-refractivity contribution in [3.05, 3.63) is 59.2 Å². The molecule has 152 valence electrons. The third-order valence-corrected chi connectivity index (χ3v) is 4.42. The van der Waals surface area contributed by atoms with Crippen LogP contribution in [0.15, 0.2) is 47.6 Å². The number of benzene rings is 2. The molecule has 1 heterocycles. The molecule has 0 bridgehead atoms. The maximum absolute atomic E-state index is 12.1. The van der Waals surface area contributed by atoms with E-state index in [1.54, 1.807) is 0 Å². The van der Waals surface area contributed by atoms with E-state index in [1.807, 2.05) is 62.4 Å². The molecule has 0 atom stereocenters. The number of nitrogens with zero attached hydrogens (tertiary/aromatic N) is 1. The van der Waals surface area contributed by atoms with Crippen molar-refractivity contribution in [2.45, 2.75) is 33.6 Å². The van der Waals surface area contributed by atoms with Gasteiger partial charge in [0.15, 0.2) is 18.1 Å². The summed E-state index contributed by atoms with van der Waals surface area (Å²) in [4.78, 5) is 12.1. The van der Waals surface area contributed by atoms with Crippen LogP contribution < -0.4 is 19.6 Å². The smallest absolute Gasteiger partial charge is 0.277 e. The van der Waals surface area contributed by atoms with Crippen molar-refractivity contribution in [1.29, 1.82) is 0 Å². The van der Waals surface area contributed by atoms with Crippen molar-refractivity contribution in [1.82, 2.24) is 5.43 Å². The normalized spacial score (nSPS) is 13.2. The number of aryl methyl sites for hydroxylation is 1. The van der Waals surface area contributed by atoms with Crippen LogP contribution in [0, 0.1) is 6.92 Å². The Kier molecular flexibility index (Phi) is 6.54. The molecule has 2 aromatic rings. The topological polar surface area (TPSA) is 69.2 Å². The van der Waals surface area contributed by atoms with Crippen LogP contribution in [0.25, 0.3) is 6.08 Å². The minimum atomic E-state index is -0.308. The Bertz CT molecular complexity index is 948. The number of ether oxygens (including phenoxy) is 3. The van der Waals surface area contributed by atoms with E-state index in [0.717, 1.165) is 33.9 Å². The van der Waals surface area contributed by atoms with E-state index >= 15 is 0 Å². The molecule has 0 unspecified atom stereocenters. The van der Waals surface area contributed by atoms with E-state index in [2.05, 4.69) is 24.4 Å². The lowest BCUT2D eigenvalue weighted by Crippen LogP contribution is -2.25. The number of carbonyl (C=O) groups excluding carboxylic acids is 1. The van der Waals surface area contributed by atoms with Crippen molar-refractivity contribution in [3.8, 4) is 17.2 Å². The van der Waals surface area contributed by atoms with Gasteiger partial charge in [0.05, 0.1) is 5.71 Å². The molecule has 0 aliphatic carbocycles. The first-order valence-electron chi connectivity index (χ1n) is 9.56. The minimum absolute atomic E-state index is 0.0914. The average molecular weight is 394 g/mol.